The van der Waals surface area contributed by atoms with Crippen LogP contribution in [0.2, 0.25) is 0 Å². The number of amides is 2. The topological polar surface area (TPSA) is 247 Å². The van der Waals surface area contributed by atoms with Crippen LogP contribution in [-0.4, -0.2) is 121 Å². The van der Waals surface area contributed by atoms with Crippen molar-refractivity contribution in [3.8, 4) is 0 Å². The highest BCUT2D eigenvalue weighted by atomic mass is 32.2. The molecular weight excluding hydrogens is 903 g/mol. The van der Waals surface area contributed by atoms with E-state index in [0.29, 0.717) is 36.8 Å². The smallest absolute Gasteiger partial charge is 0.407 e. The first-order chi connectivity index (χ1) is 32.5. The van der Waals surface area contributed by atoms with Gasteiger partial charge >= 0.3 is 12.2 Å². The van der Waals surface area contributed by atoms with Gasteiger partial charge in [0.1, 0.15) is 11.7 Å². The zero-order valence-electron chi connectivity index (χ0n) is 39.0. The lowest BCUT2D eigenvalue weighted by Gasteiger charge is -2.30. The lowest BCUT2D eigenvalue weighted by molar-refractivity contribution is -0.385. The molecule has 7 rings (SSSR count). The third kappa shape index (κ3) is 16.2. The summed E-state index contributed by atoms with van der Waals surface area (Å²) in [5, 5.41) is 38.8. The van der Waals surface area contributed by atoms with E-state index in [1.807, 2.05) is 81.4 Å². The number of aliphatic hydroxyl groups excluding tert-OH is 2. The Morgan fingerprint density at radius 3 is 2.00 bits per heavy atom. The number of nitro groups is 1. The fourth-order valence-corrected chi connectivity index (χ4v) is 9.88. The highest BCUT2D eigenvalue weighted by molar-refractivity contribution is 7.89. The maximum Gasteiger partial charge on any atom is 0.407 e. The van der Waals surface area contributed by atoms with Crippen molar-refractivity contribution >= 4 is 27.9 Å². The van der Waals surface area contributed by atoms with E-state index in [1.165, 1.54) is 31.0 Å². The molecule has 5 N–H and O–H groups in total. The molecule has 0 bridgehead atoms. The second kappa shape index (κ2) is 25.2. The van der Waals surface area contributed by atoms with Gasteiger partial charge in [-0.05, 0) is 82.9 Å². The van der Waals surface area contributed by atoms with Gasteiger partial charge in [0.2, 0.25) is 0 Å². The van der Waals surface area contributed by atoms with Crippen LogP contribution in [0.1, 0.15) is 89.7 Å². The molecule has 19 nitrogen and oxygen atoms in total. The van der Waals surface area contributed by atoms with Crippen LogP contribution in [0, 0.1) is 16.0 Å². The molecule has 0 aromatic heterocycles. The normalized spacial score (nSPS) is 21.5. The van der Waals surface area contributed by atoms with Crippen molar-refractivity contribution < 1.29 is 61.8 Å². The number of hydrogen-bond donors (Lipinski definition) is 5. The monoisotopic (exact) mass is 969 g/mol. The summed E-state index contributed by atoms with van der Waals surface area (Å²) in [6.07, 6.45) is 4.17. The molecule has 2 aliphatic heterocycles. The van der Waals surface area contributed by atoms with E-state index in [4.69, 9.17) is 28.6 Å². The Morgan fingerprint density at radius 1 is 0.809 bits per heavy atom. The second-order valence-electron chi connectivity index (χ2n) is 18.6. The molecule has 2 saturated carbocycles. The first kappa shape index (κ1) is 52.6. The van der Waals surface area contributed by atoms with Crippen LogP contribution in [0.4, 0.5) is 15.3 Å². The maximum atomic E-state index is 13.7. The number of nitrogens with one attached hydrogen (secondary N) is 3. The Labute approximate surface area is 398 Å². The Balaban J connectivity index is 0.000000252. The molecule has 4 aliphatic rings. The summed E-state index contributed by atoms with van der Waals surface area (Å²) < 4.78 is 50.1. The number of hydrogen-bond acceptors (Lipinski definition) is 15. The summed E-state index contributed by atoms with van der Waals surface area (Å²) >= 11 is 0. The van der Waals surface area contributed by atoms with Crippen molar-refractivity contribution in [2.75, 3.05) is 26.3 Å². The highest BCUT2D eigenvalue weighted by Gasteiger charge is 2.44. The average Bonchev–Trinajstić information content (AvgIpc) is 4.16. The van der Waals surface area contributed by atoms with Gasteiger partial charge in [0.05, 0.1) is 72.0 Å². The number of benzene rings is 3. The summed E-state index contributed by atoms with van der Waals surface area (Å²) in [7, 11) is -4.43. The maximum absolute atomic E-state index is 13.7. The number of carbonyl (C=O) groups excluding carboxylic acids is 2. The number of aliphatic hydroxyl groups is 2. The molecule has 2 heterocycles. The van der Waals surface area contributed by atoms with Crippen LogP contribution >= 0.6 is 0 Å². The second-order valence-corrected chi connectivity index (χ2v) is 20.4. The summed E-state index contributed by atoms with van der Waals surface area (Å²) in [4.78, 5) is 47.0. The van der Waals surface area contributed by atoms with Crippen molar-refractivity contribution in [1.29, 1.82) is 0 Å². The number of sulfonamides is 1. The number of non-ortho nitro benzene ring substituents is 1. The average molecular weight is 970 g/mol. The van der Waals surface area contributed by atoms with Gasteiger partial charge in [-0.1, -0.05) is 96.9 Å². The zero-order chi connectivity index (χ0) is 48.7. The zero-order valence-corrected chi connectivity index (χ0v) is 39.8. The van der Waals surface area contributed by atoms with E-state index < -0.39 is 87.8 Å². The summed E-state index contributed by atoms with van der Waals surface area (Å²) in [5.41, 5.74) is 3.72. The Kier molecular flexibility index (Phi) is 19.5. The predicted octanol–water partition coefficient (Wildman–Crippen LogP) is 5.87. The molecule has 0 unspecified atom stereocenters. The minimum atomic E-state index is -4.43. The molecule has 20 heteroatoms. The van der Waals surface area contributed by atoms with Crippen LogP contribution < -0.4 is 16.1 Å². The fourth-order valence-electron chi connectivity index (χ4n) is 8.54. The van der Waals surface area contributed by atoms with Gasteiger partial charge < -0.3 is 39.8 Å². The van der Waals surface area contributed by atoms with Crippen molar-refractivity contribution in [3.63, 3.8) is 0 Å². The van der Waals surface area contributed by atoms with Gasteiger partial charge in [-0.3, -0.25) is 19.8 Å². The summed E-state index contributed by atoms with van der Waals surface area (Å²) in [5.74, 6) is -0.0800. The molecule has 3 aromatic rings. The van der Waals surface area contributed by atoms with Crippen molar-refractivity contribution in [2.24, 2.45) is 5.92 Å². The summed E-state index contributed by atoms with van der Waals surface area (Å²) in [6.45, 7) is 5.85. The van der Waals surface area contributed by atoms with E-state index in [2.05, 4.69) is 16.1 Å². The molecule has 2 amide bonds. The van der Waals surface area contributed by atoms with E-state index in [1.54, 1.807) is 0 Å². The van der Waals surface area contributed by atoms with E-state index in [9.17, 15) is 38.3 Å². The van der Waals surface area contributed by atoms with E-state index in [-0.39, 0.29) is 36.5 Å². The molecule has 2 saturated heterocycles. The molecular formula is C48H67N5O14S. The number of hydroxylamine groups is 2. The van der Waals surface area contributed by atoms with Gasteiger partial charge in [-0.25, -0.2) is 18.0 Å². The first-order valence-electron chi connectivity index (χ1n) is 23.5. The Morgan fingerprint density at radius 2 is 1.40 bits per heavy atom. The van der Waals surface area contributed by atoms with Crippen molar-refractivity contribution in [1.82, 2.24) is 20.6 Å². The van der Waals surface area contributed by atoms with Crippen LogP contribution in [0.25, 0.3) is 0 Å². The minimum Gasteiger partial charge on any atom is -0.444 e. The van der Waals surface area contributed by atoms with Crippen molar-refractivity contribution in [2.45, 2.75) is 151 Å². The molecule has 7 atom stereocenters. The minimum absolute atomic E-state index is 0.0800. The Hall–Kier alpha value is -4.77. The fraction of sp³-hybridized carbons (Fsp3) is 0.583. The lowest BCUT2D eigenvalue weighted by Crippen LogP contribution is -2.51. The van der Waals surface area contributed by atoms with E-state index in [0.717, 1.165) is 42.9 Å². The standard InChI is InChI=1S/C28H35N3O10S.C20H32N2O4/c32-25(17-30(41-21-10-4-5-11-21)42(36,37)22-12-6-9-20(16-22)31(34)35)24(15-19-7-2-1-3-8-19)29-28(33)40-26-18-39-27-23(26)13-14-38-27;1-20(2,3)25-19(24)22-17(13-15-9-5-4-6-10-15)18(23)14-21-26-16-11-7-8-12-16/h1-3,6-9,12,16,21,23-27,32H,4-5,10-11,13-15,17-18H2,(H,29,33);4-6,9-10,16-18,21,23H,7-8,11-14H2,1-3H3,(H,22,24)/t23-,24-,25+,26-,27+;17-,18+/m00/s1. The third-order valence-corrected chi connectivity index (χ3v) is 13.7. The molecule has 374 valence electrons. The number of alkyl carbamates (subject to hydrolysis) is 2. The van der Waals surface area contributed by atoms with Crippen molar-refractivity contribution in [3.05, 3.63) is 106 Å². The summed E-state index contributed by atoms with van der Waals surface area (Å²) in [6, 6.07) is 22.1. The van der Waals surface area contributed by atoms with Gasteiger partial charge in [0.15, 0.2) is 6.29 Å². The molecule has 68 heavy (non-hydrogen) atoms. The molecule has 0 radical (unpaired) electrons. The molecule has 2 aliphatic carbocycles. The third-order valence-electron chi connectivity index (χ3n) is 12.1. The quantitative estimate of drug-likeness (QED) is 0.0657. The predicted molar refractivity (Wildman–Crippen MR) is 248 cm³/mol. The van der Waals surface area contributed by atoms with Gasteiger partial charge in [0, 0.05) is 18.7 Å². The molecule has 3 aromatic carbocycles. The van der Waals surface area contributed by atoms with Crippen LogP contribution in [0.5, 0.6) is 0 Å². The Bertz CT molecular complexity index is 2160. The van der Waals surface area contributed by atoms with Crippen LogP contribution in [-0.2, 0) is 51.5 Å². The number of ether oxygens (including phenoxy) is 4. The first-order valence-corrected chi connectivity index (χ1v) is 24.9. The number of fused-ring (bicyclic) bond motifs is 1. The highest BCUT2D eigenvalue weighted by Crippen LogP contribution is 2.33. The largest absolute Gasteiger partial charge is 0.444 e. The molecule has 0 spiro atoms. The number of carbonyl (C=O) groups is 2. The van der Waals surface area contributed by atoms with Gasteiger partial charge in [-0.15, -0.1) is 0 Å². The number of nitrogens with zero attached hydrogens (tertiary/aromatic N) is 2. The van der Waals surface area contributed by atoms with Gasteiger partial charge in [-0.2, -0.15) is 5.48 Å². The van der Waals surface area contributed by atoms with Crippen LogP contribution in [0.3, 0.4) is 0 Å². The molecule has 4 fully saturated rings. The lowest BCUT2D eigenvalue weighted by atomic mass is 10.0. The van der Waals surface area contributed by atoms with Crippen LogP contribution in [0.15, 0.2) is 89.8 Å². The number of rotatable bonds is 20. The number of nitro benzene ring substituents is 1. The van der Waals surface area contributed by atoms with Gasteiger partial charge in [0.25, 0.3) is 15.7 Å². The SMILES string of the molecule is CC(C)(C)OC(=O)N[C@@H](Cc1ccccc1)[C@H](O)CNOC1CCCC1.O=C(N[C@@H](Cc1ccccc1)[C@H](O)CN(OC1CCCC1)S(=O)(=O)c1cccc([N+](=O)[O-])c1)O[C@H]1CO[C@H]2OCC[C@H]21. The van der Waals surface area contributed by atoms with E-state index >= 15 is 0 Å².